The summed E-state index contributed by atoms with van der Waals surface area (Å²) in [6.45, 7) is -2.91. The molecule has 0 saturated carbocycles. The van der Waals surface area contributed by atoms with Gasteiger partial charge < -0.3 is 10.5 Å². The Morgan fingerprint density at radius 3 is 2.40 bits per heavy atom. The van der Waals surface area contributed by atoms with Crippen molar-refractivity contribution >= 4 is 34.5 Å². The number of hydrogen-bond acceptors (Lipinski definition) is 4. The Balaban J connectivity index is 2.15. The van der Waals surface area contributed by atoms with Crippen LogP contribution in [0.2, 0.25) is 0 Å². The molecule has 1 atom stereocenters. The maximum absolute atomic E-state index is 13.0. The van der Waals surface area contributed by atoms with Crippen molar-refractivity contribution in [1.82, 2.24) is 4.90 Å². The number of likely N-dealkylation sites (N-methyl/N-ethyl adjacent to an activating group) is 1. The first-order valence-electron chi connectivity index (χ1n) is 7.29. The van der Waals surface area contributed by atoms with Crippen LogP contribution in [0.25, 0.3) is 0 Å². The van der Waals surface area contributed by atoms with Gasteiger partial charge in [0.1, 0.15) is 5.75 Å². The summed E-state index contributed by atoms with van der Waals surface area (Å²) in [6, 6.07) is 13.2. The first-order chi connectivity index (χ1) is 11.8. The third-order valence-corrected chi connectivity index (χ3v) is 4.65. The lowest BCUT2D eigenvalue weighted by molar-refractivity contribution is -0.129. The molecule has 0 fully saturated rings. The fraction of sp³-hybridized carbons (Fsp3) is 0.176. The minimum Gasteiger partial charge on any atom is -0.435 e. The Kier molecular flexibility index (Phi) is 4.63. The smallest absolute Gasteiger partial charge is 0.387 e. The third-order valence-electron chi connectivity index (χ3n) is 3.98. The lowest BCUT2D eigenvalue weighted by atomic mass is 9.83. The molecule has 1 heterocycles. The average molecular weight is 457 g/mol. The summed E-state index contributed by atoms with van der Waals surface area (Å²) in [5, 5.41) is 0. The van der Waals surface area contributed by atoms with Crippen molar-refractivity contribution in [2.75, 3.05) is 7.05 Å². The summed E-state index contributed by atoms with van der Waals surface area (Å²) >= 11 is 2.15. The number of hydrogen-bond donors (Lipinski definition) is 1. The molecule has 0 saturated heterocycles. The van der Waals surface area contributed by atoms with E-state index in [0.717, 1.165) is 3.57 Å². The number of halogens is 3. The zero-order valence-electron chi connectivity index (χ0n) is 13.1. The molecule has 2 aromatic carbocycles. The second-order valence-electron chi connectivity index (χ2n) is 5.46. The Bertz CT molecular complexity index is 842. The van der Waals surface area contributed by atoms with Gasteiger partial charge in [-0.05, 0) is 58.0 Å². The molecule has 3 rings (SSSR count). The van der Waals surface area contributed by atoms with Gasteiger partial charge in [0.05, 0.1) is 0 Å². The number of carbonyl (C=O) groups excluding carboxylic acids is 1. The highest BCUT2D eigenvalue weighted by Crippen LogP contribution is 2.40. The Morgan fingerprint density at radius 1 is 1.20 bits per heavy atom. The quantitative estimate of drug-likeness (QED) is 0.719. The predicted octanol–water partition coefficient (Wildman–Crippen LogP) is 2.92. The number of benzene rings is 2. The molecule has 1 amide bonds. The number of nitrogens with two attached hydrogens (primary N) is 1. The molecule has 8 heteroatoms. The molecule has 0 aromatic heterocycles. The lowest BCUT2D eigenvalue weighted by Gasteiger charge is -2.26. The Labute approximate surface area is 156 Å². The van der Waals surface area contributed by atoms with Crippen LogP contribution >= 0.6 is 22.6 Å². The topological polar surface area (TPSA) is 67.9 Å². The van der Waals surface area contributed by atoms with Crippen LogP contribution in [0.4, 0.5) is 8.78 Å². The van der Waals surface area contributed by atoms with Gasteiger partial charge in [0, 0.05) is 10.6 Å². The molecule has 1 aliphatic heterocycles. The third kappa shape index (κ3) is 3.06. The minimum absolute atomic E-state index is 0.00675. The van der Waals surface area contributed by atoms with Crippen molar-refractivity contribution in [3.8, 4) is 5.75 Å². The van der Waals surface area contributed by atoms with Crippen LogP contribution < -0.4 is 10.5 Å². The molecule has 1 aliphatic rings. The monoisotopic (exact) mass is 457 g/mol. The zero-order valence-corrected chi connectivity index (χ0v) is 15.3. The largest absolute Gasteiger partial charge is 0.435 e. The van der Waals surface area contributed by atoms with E-state index in [2.05, 4.69) is 32.3 Å². The van der Waals surface area contributed by atoms with E-state index >= 15 is 0 Å². The molecule has 5 nitrogen and oxygen atoms in total. The maximum Gasteiger partial charge on any atom is 0.387 e. The molecule has 1 unspecified atom stereocenters. The van der Waals surface area contributed by atoms with Gasteiger partial charge in [0.25, 0.3) is 5.91 Å². The first-order valence-corrected chi connectivity index (χ1v) is 8.37. The number of alkyl halides is 2. The van der Waals surface area contributed by atoms with Crippen molar-refractivity contribution in [1.29, 1.82) is 0 Å². The van der Waals surface area contributed by atoms with Crippen LogP contribution in [-0.4, -0.2) is 30.4 Å². The number of amides is 1. The van der Waals surface area contributed by atoms with Crippen molar-refractivity contribution in [3.05, 3.63) is 63.2 Å². The van der Waals surface area contributed by atoms with Crippen molar-refractivity contribution in [2.45, 2.75) is 12.2 Å². The predicted molar refractivity (Wildman–Crippen MR) is 97.4 cm³/mol. The molecule has 0 spiro atoms. The van der Waals surface area contributed by atoms with E-state index in [1.165, 1.54) is 17.0 Å². The number of carbonyl (C=O) groups is 1. The second-order valence-corrected chi connectivity index (χ2v) is 6.70. The van der Waals surface area contributed by atoms with E-state index in [1.54, 1.807) is 25.2 Å². The summed E-state index contributed by atoms with van der Waals surface area (Å²) in [5.74, 6) is -0.210. The number of guanidine groups is 1. The van der Waals surface area contributed by atoms with E-state index in [4.69, 9.17) is 5.73 Å². The van der Waals surface area contributed by atoms with Crippen molar-refractivity contribution in [2.24, 2.45) is 10.7 Å². The van der Waals surface area contributed by atoms with Crippen LogP contribution in [0.3, 0.4) is 0 Å². The standard InChI is InChI=1S/C17H14F2IN3O2/c1-23-14(24)17(22-16(23)21,11-3-2-4-12(20)9-11)10-5-7-13(8-6-10)25-15(18)19/h2-9,15H,1H3,(H2,21,22). The molecule has 25 heavy (non-hydrogen) atoms. The van der Waals surface area contributed by atoms with Crippen molar-refractivity contribution in [3.63, 3.8) is 0 Å². The fourth-order valence-electron chi connectivity index (χ4n) is 2.78. The normalized spacial score (nSPS) is 20.1. The fourth-order valence-corrected chi connectivity index (χ4v) is 3.32. The molecule has 0 aliphatic carbocycles. The Hall–Kier alpha value is -2.23. The first kappa shape index (κ1) is 17.6. The van der Waals surface area contributed by atoms with Gasteiger partial charge in [-0.2, -0.15) is 8.78 Å². The lowest BCUT2D eigenvalue weighted by Crippen LogP contribution is -2.41. The van der Waals surface area contributed by atoms with E-state index in [0.29, 0.717) is 11.1 Å². The van der Waals surface area contributed by atoms with E-state index in [9.17, 15) is 13.6 Å². The van der Waals surface area contributed by atoms with Crippen LogP contribution in [0.1, 0.15) is 11.1 Å². The molecule has 2 aromatic rings. The van der Waals surface area contributed by atoms with Gasteiger partial charge in [0.15, 0.2) is 11.5 Å². The average Bonchev–Trinajstić information content (AvgIpc) is 2.80. The van der Waals surface area contributed by atoms with Gasteiger partial charge in [-0.25, -0.2) is 4.99 Å². The summed E-state index contributed by atoms with van der Waals surface area (Å²) in [7, 11) is 1.55. The molecule has 0 bridgehead atoms. The van der Waals surface area contributed by atoms with Gasteiger partial charge >= 0.3 is 6.61 Å². The summed E-state index contributed by atoms with van der Waals surface area (Å²) in [4.78, 5) is 18.7. The van der Waals surface area contributed by atoms with E-state index < -0.39 is 12.2 Å². The molecule has 130 valence electrons. The summed E-state index contributed by atoms with van der Waals surface area (Å²) in [6.07, 6.45) is 0. The van der Waals surface area contributed by atoms with Gasteiger partial charge in [-0.3, -0.25) is 9.69 Å². The van der Waals surface area contributed by atoms with Crippen molar-refractivity contribution < 1.29 is 18.3 Å². The second kappa shape index (κ2) is 6.58. The van der Waals surface area contributed by atoms with Gasteiger partial charge in [0.2, 0.25) is 0 Å². The number of aliphatic imine (C=N–C) groups is 1. The summed E-state index contributed by atoms with van der Waals surface area (Å²) in [5.41, 5.74) is 5.71. The molecular formula is C17H14F2IN3O2. The van der Waals surface area contributed by atoms with Crippen LogP contribution in [-0.2, 0) is 10.3 Å². The van der Waals surface area contributed by atoms with E-state index in [1.807, 2.05) is 18.2 Å². The van der Waals surface area contributed by atoms with Crippen LogP contribution in [0.5, 0.6) is 5.75 Å². The zero-order chi connectivity index (χ0) is 18.2. The molecule has 0 radical (unpaired) electrons. The number of nitrogens with zero attached hydrogens (tertiary/aromatic N) is 2. The number of ether oxygens (including phenoxy) is 1. The SMILES string of the molecule is CN1C(=O)C(c2ccc(OC(F)F)cc2)(c2cccc(I)c2)N=C1N. The van der Waals surface area contributed by atoms with Gasteiger partial charge in [-0.15, -0.1) is 0 Å². The van der Waals surface area contributed by atoms with E-state index in [-0.39, 0.29) is 17.6 Å². The Morgan fingerprint density at radius 2 is 1.88 bits per heavy atom. The maximum atomic E-state index is 13.0. The number of rotatable bonds is 4. The minimum atomic E-state index is -2.91. The van der Waals surface area contributed by atoms with Gasteiger partial charge in [-0.1, -0.05) is 24.3 Å². The van der Waals surface area contributed by atoms with Crippen LogP contribution in [0.15, 0.2) is 53.5 Å². The highest BCUT2D eigenvalue weighted by atomic mass is 127. The molecule has 2 N–H and O–H groups in total. The van der Waals surface area contributed by atoms with Crippen LogP contribution in [0, 0.1) is 3.57 Å². The summed E-state index contributed by atoms with van der Waals surface area (Å²) < 4.78 is 30.0. The highest BCUT2D eigenvalue weighted by molar-refractivity contribution is 14.1. The highest BCUT2D eigenvalue weighted by Gasteiger charge is 2.49. The molecular weight excluding hydrogens is 443 g/mol.